The smallest absolute Gasteiger partial charge is 0.334 e. The van der Waals surface area contributed by atoms with E-state index in [1.54, 1.807) is 0 Å². The number of rotatable bonds is 1. The maximum atomic E-state index is 12.1. The van der Waals surface area contributed by atoms with Gasteiger partial charge in [-0.05, 0) is 25.7 Å². The molecule has 2 saturated heterocycles. The van der Waals surface area contributed by atoms with E-state index in [0.29, 0.717) is 18.4 Å². The number of nitriles is 1. The molecule has 20 heavy (non-hydrogen) atoms. The lowest BCUT2D eigenvalue weighted by Gasteiger charge is -2.38. The lowest BCUT2D eigenvalue weighted by molar-refractivity contribution is -0.158. The van der Waals surface area contributed by atoms with Gasteiger partial charge < -0.3 is 9.47 Å². The van der Waals surface area contributed by atoms with Crippen LogP contribution in [0.25, 0.3) is 0 Å². The summed E-state index contributed by atoms with van der Waals surface area (Å²) in [6, 6.07) is 2.19. The summed E-state index contributed by atoms with van der Waals surface area (Å²) in [6.07, 6.45) is 1.54. The topological polar surface area (TPSA) is 76.4 Å². The van der Waals surface area contributed by atoms with Crippen molar-refractivity contribution >= 4 is 11.9 Å². The first-order valence-electron chi connectivity index (χ1n) is 6.95. The summed E-state index contributed by atoms with van der Waals surface area (Å²) in [4.78, 5) is 23.7. The molecule has 5 heteroatoms. The van der Waals surface area contributed by atoms with Gasteiger partial charge in [0, 0.05) is 23.8 Å². The SMILES string of the molecule is C=C1CC(C)(C2C3CC4C2OC(=O)C4(C#N)C3)OC1=O. The van der Waals surface area contributed by atoms with Crippen LogP contribution in [0.4, 0.5) is 0 Å². The van der Waals surface area contributed by atoms with Crippen molar-refractivity contribution in [1.82, 2.24) is 0 Å². The van der Waals surface area contributed by atoms with Crippen LogP contribution in [-0.2, 0) is 19.1 Å². The van der Waals surface area contributed by atoms with E-state index in [1.165, 1.54) is 0 Å². The van der Waals surface area contributed by atoms with Gasteiger partial charge in [-0.15, -0.1) is 0 Å². The fourth-order valence-electron chi connectivity index (χ4n) is 5.02. The summed E-state index contributed by atoms with van der Waals surface area (Å²) in [5.74, 6) is -0.583. The van der Waals surface area contributed by atoms with Crippen molar-refractivity contribution in [1.29, 1.82) is 5.26 Å². The van der Waals surface area contributed by atoms with Gasteiger partial charge in [0.05, 0.1) is 6.07 Å². The highest BCUT2D eigenvalue weighted by Crippen LogP contribution is 2.67. The largest absolute Gasteiger partial charge is 0.460 e. The van der Waals surface area contributed by atoms with Gasteiger partial charge in [-0.2, -0.15) is 5.26 Å². The van der Waals surface area contributed by atoms with Gasteiger partial charge in [0.2, 0.25) is 0 Å². The number of ether oxygens (including phenoxy) is 2. The van der Waals surface area contributed by atoms with Gasteiger partial charge in [-0.1, -0.05) is 6.58 Å². The molecular weight excluding hydrogens is 258 g/mol. The summed E-state index contributed by atoms with van der Waals surface area (Å²) in [6.45, 7) is 5.63. The van der Waals surface area contributed by atoms with Crippen molar-refractivity contribution in [2.24, 2.45) is 23.2 Å². The molecule has 0 aromatic carbocycles. The molecule has 2 bridgehead atoms. The first-order valence-corrected chi connectivity index (χ1v) is 6.95. The number of hydrogen-bond acceptors (Lipinski definition) is 5. The van der Waals surface area contributed by atoms with Gasteiger partial charge in [0.15, 0.2) is 5.41 Å². The average Bonchev–Trinajstić information content (AvgIpc) is 3.02. The minimum absolute atomic E-state index is 0.0105. The van der Waals surface area contributed by atoms with Crippen LogP contribution in [0.2, 0.25) is 0 Å². The molecule has 6 unspecified atom stereocenters. The molecule has 2 aliphatic carbocycles. The van der Waals surface area contributed by atoms with E-state index in [2.05, 4.69) is 12.6 Å². The second-order valence-electron chi connectivity index (χ2n) is 6.77. The Morgan fingerprint density at radius 3 is 2.80 bits per heavy atom. The number of esters is 2. The molecule has 0 radical (unpaired) electrons. The minimum atomic E-state index is -0.943. The summed E-state index contributed by atoms with van der Waals surface area (Å²) in [7, 11) is 0. The Bertz CT molecular complexity index is 587. The number of cyclic esters (lactones) is 1. The Kier molecular flexibility index (Phi) is 1.94. The van der Waals surface area contributed by atoms with Gasteiger partial charge in [0.1, 0.15) is 11.7 Å². The highest BCUT2D eigenvalue weighted by molar-refractivity contribution is 5.90. The fourth-order valence-corrected chi connectivity index (χ4v) is 5.02. The third kappa shape index (κ3) is 1.10. The van der Waals surface area contributed by atoms with Gasteiger partial charge in [0.25, 0.3) is 0 Å². The molecule has 0 aromatic rings. The van der Waals surface area contributed by atoms with Crippen molar-refractivity contribution in [2.75, 3.05) is 0 Å². The number of fused-ring (bicyclic) bond motifs is 1. The number of nitrogens with zero attached hydrogens (tertiary/aromatic N) is 1. The van der Waals surface area contributed by atoms with Crippen LogP contribution in [0, 0.1) is 34.5 Å². The van der Waals surface area contributed by atoms with E-state index in [-0.39, 0.29) is 35.8 Å². The molecule has 2 heterocycles. The number of carbonyl (C=O) groups is 2. The van der Waals surface area contributed by atoms with Crippen molar-refractivity contribution in [3.8, 4) is 6.07 Å². The highest BCUT2D eigenvalue weighted by atomic mass is 16.6. The second kappa shape index (κ2) is 3.25. The number of hydrogen-bond donors (Lipinski definition) is 0. The first kappa shape index (κ1) is 12.0. The van der Waals surface area contributed by atoms with Gasteiger partial charge >= 0.3 is 11.9 Å². The molecule has 104 valence electrons. The Balaban J connectivity index is 1.72. The molecule has 2 aliphatic heterocycles. The number of carbonyl (C=O) groups excluding carboxylic acids is 2. The molecule has 0 aromatic heterocycles. The van der Waals surface area contributed by atoms with E-state index in [0.717, 1.165) is 6.42 Å². The van der Waals surface area contributed by atoms with Gasteiger partial charge in [-0.3, -0.25) is 4.79 Å². The van der Waals surface area contributed by atoms with Crippen molar-refractivity contribution < 1.29 is 19.1 Å². The normalized spacial score (nSPS) is 52.1. The quantitative estimate of drug-likeness (QED) is 0.532. The van der Waals surface area contributed by atoms with E-state index in [1.807, 2.05) is 6.92 Å². The van der Waals surface area contributed by atoms with E-state index in [9.17, 15) is 14.9 Å². The fraction of sp³-hybridized carbons (Fsp3) is 0.667. The molecule has 0 spiro atoms. The van der Waals surface area contributed by atoms with Gasteiger partial charge in [-0.25, -0.2) is 4.79 Å². The lowest BCUT2D eigenvalue weighted by Crippen LogP contribution is -2.46. The molecule has 2 saturated carbocycles. The van der Waals surface area contributed by atoms with Crippen LogP contribution in [-0.4, -0.2) is 23.6 Å². The molecule has 6 atom stereocenters. The minimum Gasteiger partial charge on any atom is -0.460 e. The highest BCUT2D eigenvalue weighted by Gasteiger charge is 2.74. The monoisotopic (exact) mass is 273 g/mol. The summed E-state index contributed by atoms with van der Waals surface area (Å²) >= 11 is 0. The molecule has 5 nitrogen and oxygen atoms in total. The summed E-state index contributed by atoms with van der Waals surface area (Å²) < 4.78 is 11.0. The zero-order valence-electron chi connectivity index (χ0n) is 11.2. The maximum absolute atomic E-state index is 12.1. The Morgan fingerprint density at radius 2 is 2.20 bits per heavy atom. The molecule has 4 aliphatic rings. The predicted molar refractivity (Wildman–Crippen MR) is 65.9 cm³/mol. The van der Waals surface area contributed by atoms with Crippen LogP contribution in [0.15, 0.2) is 12.2 Å². The zero-order valence-corrected chi connectivity index (χ0v) is 11.2. The third-order valence-corrected chi connectivity index (χ3v) is 5.72. The van der Waals surface area contributed by atoms with Crippen LogP contribution >= 0.6 is 0 Å². The van der Waals surface area contributed by atoms with Crippen molar-refractivity contribution in [3.63, 3.8) is 0 Å². The average molecular weight is 273 g/mol. The first-order chi connectivity index (χ1) is 9.41. The van der Waals surface area contributed by atoms with E-state index in [4.69, 9.17) is 9.47 Å². The zero-order chi connectivity index (χ0) is 14.3. The Labute approximate surface area is 116 Å². The maximum Gasteiger partial charge on any atom is 0.334 e. The van der Waals surface area contributed by atoms with Crippen LogP contribution in [0.1, 0.15) is 26.2 Å². The summed E-state index contributed by atoms with van der Waals surface area (Å²) in [5, 5.41) is 9.39. The second-order valence-corrected chi connectivity index (χ2v) is 6.77. The van der Waals surface area contributed by atoms with E-state index < -0.39 is 11.0 Å². The van der Waals surface area contributed by atoms with Crippen LogP contribution < -0.4 is 0 Å². The molecule has 0 N–H and O–H groups in total. The molecule has 4 rings (SSSR count). The molecule has 4 fully saturated rings. The molecular formula is C15H15NO4. The van der Waals surface area contributed by atoms with Crippen LogP contribution in [0.3, 0.4) is 0 Å². The standard InChI is InChI=1S/C15H15NO4/c1-7-4-14(2,20-12(7)17)10-8-3-9-11(10)19-13(18)15(9,5-8)6-16/h8-11H,1,3-5H2,2H3. The van der Waals surface area contributed by atoms with Crippen molar-refractivity contribution in [2.45, 2.75) is 37.9 Å². The molecule has 0 amide bonds. The third-order valence-electron chi connectivity index (χ3n) is 5.72. The predicted octanol–water partition coefficient (Wildman–Crippen LogP) is 1.34. The summed E-state index contributed by atoms with van der Waals surface area (Å²) in [5.41, 5.74) is -1.11. The van der Waals surface area contributed by atoms with Crippen LogP contribution in [0.5, 0.6) is 0 Å². The van der Waals surface area contributed by atoms with Crippen molar-refractivity contribution in [3.05, 3.63) is 12.2 Å². The Morgan fingerprint density at radius 1 is 1.45 bits per heavy atom. The Hall–Kier alpha value is -1.83. The van der Waals surface area contributed by atoms with E-state index >= 15 is 0 Å². The lowest BCUT2D eigenvalue weighted by atomic mass is 9.67.